The summed E-state index contributed by atoms with van der Waals surface area (Å²) in [5.74, 6) is -0.538. The first-order valence-electron chi connectivity index (χ1n) is 9.58. The van der Waals surface area contributed by atoms with E-state index in [1.54, 1.807) is 23.7 Å². The predicted molar refractivity (Wildman–Crippen MR) is 115 cm³/mol. The van der Waals surface area contributed by atoms with Gasteiger partial charge in [-0.1, -0.05) is 48.0 Å². The number of aromatic hydroxyl groups is 1. The van der Waals surface area contributed by atoms with Crippen LogP contribution in [0.1, 0.15) is 38.4 Å². The van der Waals surface area contributed by atoms with Gasteiger partial charge in [0.2, 0.25) is 0 Å². The number of nitrogens with zero attached hydrogens (tertiary/aromatic N) is 2. The molecule has 2 amide bonds. The van der Waals surface area contributed by atoms with Crippen molar-refractivity contribution in [1.82, 2.24) is 20.4 Å². The summed E-state index contributed by atoms with van der Waals surface area (Å²) in [5.41, 5.74) is 2.34. The zero-order chi connectivity index (χ0) is 21.5. The quantitative estimate of drug-likeness (QED) is 0.482. The Balaban J connectivity index is 1.48. The van der Waals surface area contributed by atoms with Gasteiger partial charge < -0.3 is 15.7 Å². The van der Waals surface area contributed by atoms with Gasteiger partial charge in [0.15, 0.2) is 0 Å². The maximum atomic E-state index is 12.5. The smallest absolute Gasteiger partial charge is 0.256 e. The number of phenols is 1. The van der Waals surface area contributed by atoms with Gasteiger partial charge in [0.25, 0.3) is 11.8 Å². The molecule has 0 saturated heterocycles. The molecule has 0 aliphatic rings. The predicted octanol–water partition coefficient (Wildman–Crippen LogP) is 3.15. The number of aryl methyl sites for hydroxylation is 1. The van der Waals surface area contributed by atoms with Crippen molar-refractivity contribution in [3.63, 3.8) is 0 Å². The average molecular weight is 427 g/mol. The number of carbonyl (C=O) groups excluding carboxylic acids is 2. The molecule has 2 aromatic carbocycles. The second-order valence-corrected chi connectivity index (χ2v) is 7.17. The van der Waals surface area contributed by atoms with Crippen LogP contribution in [0.2, 0.25) is 5.15 Å². The lowest BCUT2D eigenvalue weighted by Gasteiger charge is -2.07. The average Bonchev–Trinajstić information content (AvgIpc) is 3.01. The molecule has 0 unspecified atom stereocenters. The molecule has 3 rings (SSSR count). The van der Waals surface area contributed by atoms with Gasteiger partial charge in [-0.05, 0) is 37.1 Å². The highest BCUT2D eigenvalue weighted by Crippen LogP contribution is 2.21. The van der Waals surface area contributed by atoms with E-state index in [4.69, 9.17) is 11.6 Å². The molecule has 8 heteroatoms. The number of carbonyl (C=O) groups is 2. The number of hydrogen-bond donors (Lipinski definition) is 3. The third-order valence-corrected chi connectivity index (χ3v) is 4.88. The molecule has 1 heterocycles. The molecular weight excluding hydrogens is 404 g/mol. The molecule has 3 aromatic rings. The SMILES string of the molecule is Cc1nn(Cc2ccccc2)c(Cl)c1C(=O)NCCCNC(=O)c1cccc(O)c1. The largest absolute Gasteiger partial charge is 0.508 e. The number of nitrogens with one attached hydrogen (secondary N) is 2. The minimum Gasteiger partial charge on any atom is -0.508 e. The fourth-order valence-electron chi connectivity index (χ4n) is 3.00. The van der Waals surface area contributed by atoms with Crippen molar-refractivity contribution < 1.29 is 14.7 Å². The highest BCUT2D eigenvalue weighted by molar-refractivity contribution is 6.33. The van der Waals surface area contributed by atoms with Crippen LogP contribution < -0.4 is 10.6 Å². The van der Waals surface area contributed by atoms with Gasteiger partial charge in [0.1, 0.15) is 10.9 Å². The van der Waals surface area contributed by atoms with Crippen LogP contribution in [0.15, 0.2) is 54.6 Å². The molecule has 0 fully saturated rings. The van der Waals surface area contributed by atoms with Gasteiger partial charge in [-0.25, -0.2) is 4.68 Å². The summed E-state index contributed by atoms with van der Waals surface area (Å²) in [7, 11) is 0. The molecule has 0 bridgehead atoms. The summed E-state index contributed by atoms with van der Waals surface area (Å²) in [6, 6.07) is 15.9. The van der Waals surface area contributed by atoms with Gasteiger partial charge in [-0.15, -0.1) is 0 Å². The minimum atomic E-state index is -0.295. The van der Waals surface area contributed by atoms with Gasteiger partial charge in [-0.2, -0.15) is 5.10 Å². The zero-order valence-corrected chi connectivity index (χ0v) is 17.3. The Morgan fingerprint density at radius 3 is 2.43 bits per heavy atom. The highest BCUT2D eigenvalue weighted by Gasteiger charge is 2.20. The van der Waals surface area contributed by atoms with Gasteiger partial charge in [-0.3, -0.25) is 9.59 Å². The second-order valence-electron chi connectivity index (χ2n) is 6.81. The summed E-state index contributed by atoms with van der Waals surface area (Å²) in [5, 5.41) is 19.7. The summed E-state index contributed by atoms with van der Waals surface area (Å²) in [6.45, 7) is 2.99. The molecule has 1 aromatic heterocycles. The Kier molecular flexibility index (Phi) is 7.08. The molecule has 0 radical (unpaired) electrons. The van der Waals surface area contributed by atoms with E-state index in [0.717, 1.165) is 5.56 Å². The lowest BCUT2D eigenvalue weighted by atomic mass is 10.2. The Hall–Kier alpha value is -3.32. The highest BCUT2D eigenvalue weighted by atomic mass is 35.5. The van der Waals surface area contributed by atoms with Crippen molar-refractivity contribution in [2.75, 3.05) is 13.1 Å². The van der Waals surface area contributed by atoms with E-state index in [1.807, 2.05) is 30.3 Å². The summed E-state index contributed by atoms with van der Waals surface area (Å²) < 4.78 is 1.61. The number of amides is 2. The summed E-state index contributed by atoms with van der Waals surface area (Å²) >= 11 is 6.40. The van der Waals surface area contributed by atoms with E-state index in [2.05, 4.69) is 15.7 Å². The van der Waals surface area contributed by atoms with Crippen LogP contribution >= 0.6 is 11.6 Å². The maximum absolute atomic E-state index is 12.5. The van der Waals surface area contributed by atoms with Crippen molar-refractivity contribution >= 4 is 23.4 Å². The molecular formula is C22H23ClN4O3. The molecule has 0 atom stereocenters. The number of benzene rings is 2. The first kappa shape index (κ1) is 21.4. The van der Waals surface area contributed by atoms with E-state index in [0.29, 0.717) is 48.0 Å². The lowest BCUT2D eigenvalue weighted by molar-refractivity contribution is 0.0951. The number of halogens is 1. The summed E-state index contributed by atoms with van der Waals surface area (Å²) in [6.07, 6.45) is 0.547. The van der Waals surface area contributed by atoms with Crippen molar-refractivity contribution in [3.05, 3.63) is 82.1 Å². The third-order valence-electron chi connectivity index (χ3n) is 4.50. The minimum absolute atomic E-state index is 0.0370. The van der Waals surface area contributed by atoms with Crippen molar-refractivity contribution in [2.45, 2.75) is 19.9 Å². The maximum Gasteiger partial charge on any atom is 0.256 e. The van der Waals surface area contributed by atoms with E-state index < -0.39 is 0 Å². The van der Waals surface area contributed by atoms with Crippen LogP contribution in [0.25, 0.3) is 0 Å². The lowest BCUT2D eigenvalue weighted by Crippen LogP contribution is -2.30. The van der Waals surface area contributed by atoms with Crippen LogP contribution in [0, 0.1) is 6.92 Å². The Morgan fingerprint density at radius 1 is 1.03 bits per heavy atom. The second kappa shape index (κ2) is 9.93. The van der Waals surface area contributed by atoms with E-state index >= 15 is 0 Å². The fraction of sp³-hybridized carbons (Fsp3) is 0.227. The molecule has 30 heavy (non-hydrogen) atoms. The Morgan fingerprint density at radius 2 is 1.73 bits per heavy atom. The standard InChI is InChI=1S/C22H23ClN4O3/c1-15-19(20(23)27(26-15)14-16-7-3-2-4-8-16)22(30)25-12-6-11-24-21(29)17-9-5-10-18(28)13-17/h2-5,7-10,13,28H,6,11-12,14H2,1H3,(H,24,29)(H,25,30). The monoisotopic (exact) mass is 426 g/mol. The van der Waals surface area contributed by atoms with E-state index in [9.17, 15) is 14.7 Å². The van der Waals surface area contributed by atoms with Crippen LogP contribution in [-0.4, -0.2) is 39.8 Å². The number of hydrogen-bond acceptors (Lipinski definition) is 4. The van der Waals surface area contributed by atoms with Crippen LogP contribution in [0.3, 0.4) is 0 Å². The fourth-order valence-corrected chi connectivity index (χ4v) is 3.32. The number of aromatic nitrogens is 2. The summed E-state index contributed by atoms with van der Waals surface area (Å²) in [4.78, 5) is 24.6. The van der Waals surface area contributed by atoms with Gasteiger partial charge >= 0.3 is 0 Å². The molecule has 3 N–H and O–H groups in total. The topological polar surface area (TPSA) is 96.3 Å². The first-order chi connectivity index (χ1) is 14.5. The molecule has 0 aliphatic carbocycles. The Labute approximate surface area is 179 Å². The zero-order valence-electron chi connectivity index (χ0n) is 16.6. The molecule has 156 valence electrons. The number of rotatable bonds is 8. The molecule has 0 aliphatic heterocycles. The molecule has 0 saturated carbocycles. The normalized spacial score (nSPS) is 10.6. The van der Waals surface area contributed by atoms with Crippen LogP contribution in [0.4, 0.5) is 0 Å². The number of phenolic OH excluding ortho intramolecular Hbond substituents is 1. The van der Waals surface area contributed by atoms with Crippen molar-refractivity contribution in [3.8, 4) is 5.75 Å². The van der Waals surface area contributed by atoms with Crippen molar-refractivity contribution in [2.24, 2.45) is 0 Å². The van der Waals surface area contributed by atoms with Crippen LogP contribution in [-0.2, 0) is 6.54 Å². The Bertz CT molecular complexity index is 1030. The van der Waals surface area contributed by atoms with E-state index in [1.165, 1.54) is 12.1 Å². The van der Waals surface area contributed by atoms with Gasteiger partial charge in [0, 0.05) is 18.7 Å². The van der Waals surface area contributed by atoms with Crippen LogP contribution in [0.5, 0.6) is 5.75 Å². The van der Waals surface area contributed by atoms with E-state index in [-0.39, 0.29) is 17.6 Å². The third kappa shape index (κ3) is 5.39. The molecule has 7 nitrogen and oxygen atoms in total. The van der Waals surface area contributed by atoms with Crippen molar-refractivity contribution in [1.29, 1.82) is 0 Å². The first-order valence-corrected chi connectivity index (χ1v) is 9.95. The van der Waals surface area contributed by atoms with Gasteiger partial charge in [0.05, 0.1) is 17.8 Å². The molecule has 0 spiro atoms.